The number of rotatable bonds is 4. The van der Waals surface area contributed by atoms with E-state index < -0.39 is 6.09 Å². The predicted molar refractivity (Wildman–Crippen MR) is 72.9 cm³/mol. The first-order valence-corrected chi connectivity index (χ1v) is 6.80. The highest BCUT2D eigenvalue weighted by Crippen LogP contribution is 2.23. The van der Waals surface area contributed by atoms with Gasteiger partial charge in [-0.2, -0.15) is 0 Å². The summed E-state index contributed by atoms with van der Waals surface area (Å²) in [4.78, 5) is 24.2. The lowest BCUT2D eigenvalue weighted by Gasteiger charge is -2.16. The smallest absolute Gasteiger partial charge is 0.428 e. The molecule has 2 aromatic heterocycles. The van der Waals surface area contributed by atoms with E-state index in [1.807, 2.05) is 0 Å². The summed E-state index contributed by atoms with van der Waals surface area (Å²) in [5, 5.41) is 2.13. The number of hydrogen-bond acceptors (Lipinski definition) is 6. The maximum Gasteiger partial charge on any atom is 0.428 e. The van der Waals surface area contributed by atoms with E-state index in [2.05, 4.69) is 26.6 Å². The molecule has 0 radical (unpaired) electrons. The topological polar surface area (TPSA) is 73.1 Å². The summed E-state index contributed by atoms with van der Waals surface area (Å²) < 4.78 is 6.21. The van der Waals surface area contributed by atoms with E-state index in [1.165, 1.54) is 24.8 Å². The molecule has 0 aromatic carbocycles. The number of aromatic nitrogens is 4. The fourth-order valence-electron chi connectivity index (χ4n) is 1.55. The van der Waals surface area contributed by atoms with Crippen molar-refractivity contribution in [2.45, 2.75) is 18.4 Å². The standard InChI is InChI=1S/C11H15N5O2S/c1-4-5-19-10-8-9(12-6-13-10)16(7-14-8)15(2)11(17)18-3/h6-7H,4-5H2,1-3H3. The summed E-state index contributed by atoms with van der Waals surface area (Å²) in [5.41, 5.74) is 1.28. The average molecular weight is 281 g/mol. The van der Waals surface area contributed by atoms with Gasteiger partial charge in [0.15, 0.2) is 5.65 Å². The summed E-state index contributed by atoms with van der Waals surface area (Å²) >= 11 is 1.63. The third-order valence-electron chi connectivity index (χ3n) is 2.49. The maximum absolute atomic E-state index is 11.5. The Bertz CT molecular complexity index is 585. The average Bonchev–Trinajstić information content (AvgIpc) is 2.87. The van der Waals surface area contributed by atoms with Crippen molar-refractivity contribution in [3.63, 3.8) is 0 Å². The van der Waals surface area contributed by atoms with Crippen LogP contribution in [0.1, 0.15) is 13.3 Å². The first-order chi connectivity index (χ1) is 9.19. The third-order valence-corrected chi connectivity index (χ3v) is 3.67. The molecular formula is C11H15N5O2S. The Hall–Kier alpha value is -1.83. The molecule has 0 aliphatic carbocycles. The zero-order valence-corrected chi connectivity index (χ0v) is 11.8. The number of nitrogens with zero attached hydrogens (tertiary/aromatic N) is 5. The van der Waals surface area contributed by atoms with Crippen LogP contribution in [0, 0.1) is 0 Å². The van der Waals surface area contributed by atoms with Gasteiger partial charge in [-0.05, 0) is 12.2 Å². The molecule has 0 saturated carbocycles. The van der Waals surface area contributed by atoms with Crippen molar-refractivity contribution >= 4 is 29.0 Å². The quantitative estimate of drug-likeness (QED) is 0.627. The monoisotopic (exact) mass is 281 g/mol. The molecule has 102 valence electrons. The second-order valence-electron chi connectivity index (χ2n) is 3.78. The second kappa shape index (κ2) is 5.87. The van der Waals surface area contributed by atoms with Crippen molar-refractivity contribution < 1.29 is 9.53 Å². The molecule has 1 amide bonds. The molecule has 0 aliphatic heterocycles. The number of hydrogen-bond donors (Lipinski definition) is 0. The number of amides is 1. The number of carbonyl (C=O) groups is 1. The van der Waals surface area contributed by atoms with Crippen molar-refractivity contribution in [1.82, 2.24) is 19.6 Å². The van der Waals surface area contributed by atoms with Crippen LogP contribution >= 0.6 is 11.8 Å². The van der Waals surface area contributed by atoms with Crippen molar-refractivity contribution in [2.75, 3.05) is 24.9 Å². The lowest BCUT2D eigenvalue weighted by molar-refractivity contribution is 0.174. The molecular weight excluding hydrogens is 266 g/mol. The molecule has 2 rings (SSSR count). The van der Waals surface area contributed by atoms with Crippen LogP contribution in [-0.2, 0) is 4.74 Å². The SMILES string of the molecule is CCCSc1ncnc2c1ncn2N(C)C(=O)OC. The van der Waals surface area contributed by atoms with E-state index in [1.54, 1.807) is 23.5 Å². The zero-order chi connectivity index (χ0) is 13.8. The normalized spacial score (nSPS) is 10.7. The molecule has 0 saturated heterocycles. The molecule has 0 bridgehead atoms. The van der Waals surface area contributed by atoms with Crippen LogP contribution in [0.3, 0.4) is 0 Å². The molecule has 0 unspecified atom stereocenters. The summed E-state index contributed by atoms with van der Waals surface area (Å²) in [6.07, 6.45) is 3.58. The first-order valence-electron chi connectivity index (χ1n) is 5.81. The second-order valence-corrected chi connectivity index (χ2v) is 4.87. The molecule has 2 aromatic rings. The van der Waals surface area contributed by atoms with E-state index in [0.717, 1.165) is 17.2 Å². The van der Waals surface area contributed by atoms with Gasteiger partial charge in [-0.3, -0.25) is 0 Å². The number of carbonyl (C=O) groups excluding carboxylic acids is 1. The molecule has 8 heteroatoms. The first kappa shape index (κ1) is 13.6. The van der Waals surface area contributed by atoms with Crippen molar-refractivity contribution in [1.29, 1.82) is 0 Å². The lowest BCUT2D eigenvalue weighted by atomic mass is 10.5. The molecule has 19 heavy (non-hydrogen) atoms. The number of ether oxygens (including phenoxy) is 1. The summed E-state index contributed by atoms with van der Waals surface area (Å²) in [6.45, 7) is 2.11. The van der Waals surface area contributed by atoms with Gasteiger partial charge >= 0.3 is 6.09 Å². The Labute approximate surface area is 115 Å². The van der Waals surface area contributed by atoms with Crippen LogP contribution < -0.4 is 5.01 Å². The Kier molecular flexibility index (Phi) is 4.20. The van der Waals surface area contributed by atoms with Crippen LogP contribution in [0.25, 0.3) is 11.2 Å². The van der Waals surface area contributed by atoms with Crippen molar-refractivity contribution in [3.05, 3.63) is 12.7 Å². The number of imidazole rings is 1. The minimum absolute atomic E-state index is 0.485. The molecule has 0 fully saturated rings. The van der Waals surface area contributed by atoms with Gasteiger partial charge in [0.25, 0.3) is 0 Å². The molecule has 0 aliphatic rings. The van der Waals surface area contributed by atoms with E-state index in [9.17, 15) is 4.79 Å². The van der Waals surface area contributed by atoms with Gasteiger partial charge in [0.05, 0.1) is 7.11 Å². The van der Waals surface area contributed by atoms with Crippen LogP contribution in [0.4, 0.5) is 4.79 Å². The van der Waals surface area contributed by atoms with E-state index in [-0.39, 0.29) is 0 Å². The maximum atomic E-state index is 11.5. The van der Waals surface area contributed by atoms with E-state index in [0.29, 0.717) is 11.2 Å². The predicted octanol–water partition coefficient (Wildman–Crippen LogP) is 1.66. The Morgan fingerprint density at radius 3 is 2.95 bits per heavy atom. The third kappa shape index (κ3) is 2.62. The highest BCUT2D eigenvalue weighted by Gasteiger charge is 2.16. The fourth-order valence-corrected chi connectivity index (χ4v) is 2.35. The molecule has 0 atom stereocenters. The van der Waals surface area contributed by atoms with Gasteiger partial charge in [0, 0.05) is 7.05 Å². The Morgan fingerprint density at radius 2 is 2.26 bits per heavy atom. The van der Waals surface area contributed by atoms with Gasteiger partial charge in [-0.25, -0.2) is 29.4 Å². The van der Waals surface area contributed by atoms with Gasteiger partial charge in [0.1, 0.15) is 23.2 Å². The van der Waals surface area contributed by atoms with Gasteiger partial charge in [-0.15, -0.1) is 11.8 Å². The van der Waals surface area contributed by atoms with Crippen LogP contribution in [0.2, 0.25) is 0 Å². The zero-order valence-electron chi connectivity index (χ0n) is 11.0. The summed E-state index contributed by atoms with van der Waals surface area (Å²) in [5.74, 6) is 0.964. The van der Waals surface area contributed by atoms with Crippen LogP contribution in [-0.4, -0.2) is 45.6 Å². The largest absolute Gasteiger partial charge is 0.452 e. The van der Waals surface area contributed by atoms with Crippen molar-refractivity contribution in [2.24, 2.45) is 0 Å². The van der Waals surface area contributed by atoms with Gasteiger partial charge in [0.2, 0.25) is 0 Å². The van der Waals surface area contributed by atoms with Gasteiger partial charge < -0.3 is 4.74 Å². The lowest BCUT2D eigenvalue weighted by Crippen LogP contribution is -2.36. The minimum Gasteiger partial charge on any atom is -0.452 e. The molecule has 0 spiro atoms. The summed E-state index contributed by atoms with van der Waals surface area (Å²) in [7, 11) is 2.92. The molecule has 2 heterocycles. The highest BCUT2D eigenvalue weighted by molar-refractivity contribution is 7.99. The van der Waals surface area contributed by atoms with Crippen LogP contribution in [0.5, 0.6) is 0 Å². The number of fused-ring (bicyclic) bond motifs is 1. The van der Waals surface area contributed by atoms with Gasteiger partial charge in [-0.1, -0.05) is 6.92 Å². The molecule has 7 nitrogen and oxygen atoms in total. The fraction of sp³-hybridized carbons (Fsp3) is 0.455. The Morgan fingerprint density at radius 1 is 1.47 bits per heavy atom. The van der Waals surface area contributed by atoms with E-state index >= 15 is 0 Å². The number of methoxy groups -OCH3 is 1. The minimum atomic E-state index is -0.485. The number of thioether (sulfide) groups is 1. The van der Waals surface area contributed by atoms with Crippen molar-refractivity contribution in [3.8, 4) is 0 Å². The van der Waals surface area contributed by atoms with Crippen LogP contribution in [0.15, 0.2) is 17.7 Å². The summed E-state index contributed by atoms with van der Waals surface area (Å²) in [6, 6.07) is 0. The van der Waals surface area contributed by atoms with E-state index in [4.69, 9.17) is 0 Å². The Balaban J connectivity index is 2.40. The highest BCUT2D eigenvalue weighted by atomic mass is 32.2. The molecule has 0 N–H and O–H groups in total.